The van der Waals surface area contributed by atoms with Crippen molar-refractivity contribution in [2.24, 2.45) is 0 Å². The van der Waals surface area contributed by atoms with E-state index in [2.05, 4.69) is 5.32 Å². The summed E-state index contributed by atoms with van der Waals surface area (Å²) in [4.78, 5) is 0. The van der Waals surface area contributed by atoms with Crippen molar-refractivity contribution in [3.05, 3.63) is 65.2 Å². The summed E-state index contributed by atoms with van der Waals surface area (Å²) in [5.41, 5.74) is 1.92. The van der Waals surface area contributed by atoms with Crippen LogP contribution in [0.3, 0.4) is 0 Å². The smallest absolute Gasteiger partial charge is 0.0806 e. The zero-order chi connectivity index (χ0) is 12.8. The van der Waals surface area contributed by atoms with E-state index in [-0.39, 0.29) is 0 Å². The highest BCUT2D eigenvalue weighted by Gasteiger charge is 2.05. The van der Waals surface area contributed by atoms with Crippen LogP contribution in [-0.2, 0) is 0 Å². The topological polar surface area (TPSA) is 32.3 Å². The number of aliphatic hydroxyl groups excluding tert-OH is 1. The maximum Gasteiger partial charge on any atom is 0.0806 e. The van der Waals surface area contributed by atoms with Crippen molar-refractivity contribution in [3.8, 4) is 0 Å². The van der Waals surface area contributed by atoms with Crippen molar-refractivity contribution < 1.29 is 5.11 Å². The summed E-state index contributed by atoms with van der Waals surface area (Å²) in [6, 6.07) is 17.3. The molecule has 0 saturated heterocycles. The van der Waals surface area contributed by atoms with Gasteiger partial charge in [-0.2, -0.15) is 0 Å². The number of aliphatic hydroxyl groups is 1. The van der Waals surface area contributed by atoms with Crippen molar-refractivity contribution in [1.29, 1.82) is 0 Å². The minimum atomic E-state index is -0.433. The van der Waals surface area contributed by atoms with E-state index in [1.807, 2.05) is 54.6 Å². The first-order chi connectivity index (χ1) is 8.75. The van der Waals surface area contributed by atoms with E-state index in [0.717, 1.165) is 11.3 Å². The van der Waals surface area contributed by atoms with E-state index in [1.54, 1.807) is 0 Å². The van der Waals surface area contributed by atoms with Gasteiger partial charge in [-0.25, -0.2) is 0 Å². The number of halogens is 1. The van der Waals surface area contributed by atoms with Gasteiger partial charge in [0.05, 0.1) is 6.10 Å². The molecule has 0 aromatic heterocycles. The Bertz CT molecular complexity index is 487. The van der Waals surface area contributed by atoms with Gasteiger partial charge in [0.1, 0.15) is 0 Å². The molecular weight excluding hydrogens is 246 g/mol. The van der Waals surface area contributed by atoms with Gasteiger partial charge in [0.15, 0.2) is 0 Å². The van der Waals surface area contributed by atoms with Crippen LogP contribution in [0.15, 0.2) is 54.6 Å². The fourth-order valence-electron chi connectivity index (χ4n) is 1.79. The zero-order valence-electron chi connectivity index (χ0n) is 10.0. The van der Waals surface area contributed by atoms with Gasteiger partial charge >= 0.3 is 0 Å². The minimum Gasteiger partial charge on any atom is -0.388 e. The summed E-state index contributed by atoms with van der Waals surface area (Å²) in [6.07, 6.45) is 0.231. The summed E-state index contributed by atoms with van der Waals surface area (Å²) in [5.74, 6) is 0. The Morgan fingerprint density at radius 3 is 2.56 bits per heavy atom. The van der Waals surface area contributed by atoms with Crippen LogP contribution in [0.5, 0.6) is 0 Å². The average molecular weight is 262 g/mol. The monoisotopic (exact) mass is 261 g/mol. The second-order valence-corrected chi connectivity index (χ2v) is 4.59. The van der Waals surface area contributed by atoms with Crippen LogP contribution in [0.4, 0.5) is 5.69 Å². The molecule has 0 aliphatic carbocycles. The maximum absolute atomic E-state index is 9.99. The fraction of sp³-hybridized carbons (Fsp3) is 0.200. The molecule has 0 amide bonds. The molecule has 3 heteroatoms. The molecule has 2 aromatic carbocycles. The van der Waals surface area contributed by atoms with Gasteiger partial charge in [-0.05, 0) is 30.2 Å². The Kier molecular flexibility index (Phi) is 4.62. The standard InChI is InChI=1S/C15H16ClNO/c16-13-7-4-8-14(11-13)17-10-9-15(18)12-5-2-1-3-6-12/h1-8,11,15,17-18H,9-10H2/t15-/m1/s1. The molecule has 2 rings (SSSR count). The van der Waals surface area contributed by atoms with Crippen molar-refractivity contribution in [1.82, 2.24) is 0 Å². The third-order valence-corrected chi connectivity index (χ3v) is 2.99. The lowest BCUT2D eigenvalue weighted by molar-refractivity contribution is 0.171. The maximum atomic E-state index is 9.99. The van der Waals surface area contributed by atoms with Gasteiger partial charge in [0, 0.05) is 17.3 Å². The lowest BCUT2D eigenvalue weighted by atomic mass is 10.1. The minimum absolute atomic E-state index is 0.433. The second kappa shape index (κ2) is 6.43. The molecule has 0 saturated carbocycles. The molecule has 0 fully saturated rings. The molecule has 2 aromatic rings. The lowest BCUT2D eigenvalue weighted by Gasteiger charge is -2.12. The Morgan fingerprint density at radius 2 is 1.83 bits per heavy atom. The molecular formula is C15H16ClNO. The summed E-state index contributed by atoms with van der Waals surface area (Å²) >= 11 is 5.89. The molecule has 0 heterocycles. The molecule has 0 spiro atoms. The van der Waals surface area contributed by atoms with Crippen molar-refractivity contribution >= 4 is 17.3 Å². The van der Waals surface area contributed by atoms with E-state index in [4.69, 9.17) is 11.6 Å². The van der Waals surface area contributed by atoms with E-state index in [0.29, 0.717) is 18.0 Å². The van der Waals surface area contributed by atoms with Crippen molar-refractivity contribution in [2.75, 3.05) is 11.9 Å². The van der Waals surface area contributed by atoms with Crippen LogP contribution in [0.25, 0.3) is 0 Å². The summed E-state index contributed by atoms with van der Waals surface area (Å²) in [5, 5.41) is 13.9. The predicted octanol–water partition coefficient (Wildman–Crippen LogP) is 3.88. The first-order valence-corrected chi connectivity index (χ1v) is 6.36. The highest BCUT2D eigenvalue weighted by molar-refractivity contribution is 6.30. The first-order valence-electron chi connectivity index (χ1n) is 5.98. The summed E-state index contributed by atoms with van der Waals surface area (Å²) in [7, 11) is 0. The third-order valence-electron chi connectivity index (χ3n) is 2.76. The van der Waals surface area contributed by atoms with Gasteiger partial charge in [0.25, 0.3) is 0 Å². The molecule has 18 heavy (non-hydrogen) atoms. The number of hydrogen-bond acceptors (Lipinski definition) is 2. The Balaban J connectivity index is 1.82. The zero-order valence-corrected chi connectivity index (χ0v) is 10.8. The molecule has 2 N–H and O–H groups in total. The van der Waals surface area contributed by atoms with Crippen LogP contribution in [-0.4, -0.2) is 11.7 Å². The molecule has 0 bridgehead atoms. The number of nitrogens with one attached hydrogen (secondary N) is 1. The largest absolute Gasteiger partial charge is 0.388 e. The van der Waals surface area contributed by atoms with E-state index in [9.17, 15) is 5.11 Å². The molecule has 1 atom stereocenters. The van der Waals surface area contributed by atoms with Gasteiger partial charge in [-0.15, -0.1) is 0 Å². The van der Waals surface area contributed by atoms with Gasteiger partial charge in [-0.3, -0.25) is 0 Å². The lowest BCUT2D eigenvalue weighted by Crippen LogP contribution is -2.07. The number of benzene rings is 2. The third kappa shape index (κ3) is 3.76. The number of rotatable bonds is 5. The second-order valence-electron chi connectivity index (χ2n) is 4.15. The molecule has 0 aliphatic rings. The molecule has 0 aliphatic heterocycles. The number of hydrogen-bond donors (Lipinski definition) is 2. The van der Waals surface area contributed by atoms with Crippen molar-refractivity contribution in [2.45, 2.75) is 12.5 Å². The molecule has 0 unspecified atom stereocenters. The first kappa shape index (κ1) is 12.9. The Labute approximate surface area is 112 Å². The van der Waals surface area contributed by atoms with E-state index in [1.165, 1.54) is 0 Å². The quantitative estimate of drug-likeness (QED) is 0.856. The SMILES string of the molecule is O[C@H](CCNc1cccc(Cl)c1)c1ccccc1. The van der Waals surface area contributed by atoms with Crippen LogP contribution in [0.2, 0.25) is 5.02 Å². The summed E-state index contributed by atoms with van der Waals surface area (Å²) < 4.78 is 0. The highest BCUT2D eigenvalue weighted by atomic mass is 35.5. The Morgan fingerprint density at radius 1 is 1.06 bits per heavy atom. The van der Waals surface area contributed by atoms with Crippen molar-refractivity contribution in [3.63, 3.8) is 0 Å². The van der Waals surface area contributed by atoms with Crippen LogP contribution < -0.4 is 5.32 Å². The summed E-state index contributed by atoms with van der Waals surface area (Å²) in [6.45, 7) is 0.705. The normalized spacial score (nSPS) is 12.1. The fourth-order valence-corrected chi connectivity index (χ4v) is 1.98. The molecule has 2 nitrogen and oxygen atoms in total. The average Bonchev–Trinajstić information content (AvgIpc) is 2.40. The van der Waals surface area contributed by atoms with Crippen LogP contribution >= 0.6 is 11.6 Å². The molecule has 0 radical (unpaired) electrons. The Hall–Kier alpha value is -1.51. The molecule has 94 valence electrons. The number of anilines is 1. The van der Waals surface area contributed by atoms with Gasteiger partial charge < -0.3 is 10.4 Å². The van der Waals surface area contributed by atoms with E-state index >= 15 is 0 Å². The van der Waals surface area contributed by atoms with E-state index < -0.39 is 6.10 Å². The van der Waals surface area contributed by atoms with Gasteiger partial charge in [0.2, 0.25) is 0 Å². The predicted molar refractivity (Wildman–Crippen MR) is 76.0 cm³/mol. The van der Waals surface area contributed by atoms with Crippen LogP contribution in [0, 0.1) is 0 Å². The van der Waals surface area contributed by atoms with Crippen LogP contribution in [0.1, 0.15) is 18.1 Å². The highest BCUT2D eigenvalue weighted by Crippen LogP contribution is 2.18. The van der Waals surface area contributed by atoms with Gasteiger partial charge in [-0.1, -0.05) is 48.0 Å².